The fourth-order valence-electron chi connectivity index (χ4n) is 0.854. The second-order valence-electron chi connectivity index (χ2n) is 2.42. The molecule has 0 fully saturated rings. The predicted molar refractivity (Wildman–Crippen MR) is 52.2 cm³/mol. The molecule has 1 aromatic heterocycles. The van der Waals surface area contributed by atoms with Crippen LogP contribution in [0.2, 0.25) is 0 Å². The lowest BCUT2D eigenvalue weighted by molar-refractivity contribution is 0.0519. The van der Waals surface area contributed by atoms with Crippen molar-refractivity contribution < 1.29 is 9.53 Å². The lowest BCUT2D eigenvalue weighted by Gasteiger charge is -2.01. The molecule has 1 heterocycles. The number of aromatic nitrogens is 1. The minimum Gasteiger partial charge on any atom is -0.461 e. The summed E-state index contributed by atoms with van der Waals surface area (Å²) in [7, 11) is 0. The summed E-state index contributed by atoms with van der Waals surface area (Å²) < 4.78 is 4.73. The van der Waals surface area contributed by atoms with Crippen molar-refractivity contribution in [2.75, 3.05) is 6.61 Å². The summed E-state index contributed by atoms with van der Waals surface area (Å²) in [5.74, 6) is -0.530. The lowest BCUT2D eigenvalue weighted by atomic mass is 10.2. The van der Waals surface area contributed by atoms with E-state index in [0.29, 0.717) is 10.5 Å². The highest BCUT2D eigenvalue weighted by molar-refractivity contribution is 7.80. The highest BCUT2D eigenvalue weighted by Crippen LogP contribution is 2.12. The van der Waals surface area contributed by atoms with Gasteiger partial charge in [-0.1, -0.05) is 0 Å². The molecule has 14 heavy (non-hydrogen) atoms. The maximum Gasteiger partial charge on any atom is 0.356 e. The summed E-state index contributed by atoms with van der Waals surface area (Å²) in [6.45, 7) is 1.99. The molecule has 0 N–H and O–H groups in total. The van der Waals surface area contributed by atoms with E-state index in [9.17, 15) is 4.79 Å². The predicted octanol–water partition coefficient (Wildman–Crippen LogP) is 1.42. The third kappa shape index (κ3) is 2.24. The minimum atomic E-state index is -0.530. The van der Waals surface area contributed by atoms with Crippen molar-refractivity contribution in [3.63, 3.8) is 0 Å². The van der Waals surface area contributed by atoms with Gasteiger partial charge in [0.25, 0.3) is 0 Å². The average Bonchev–Trinajstić information content (AvgIpc) is 2.19. The molecule has 0 unspecified atom stereocenters. The SMILES string of the molecule is CCOC(=O)c1cc(C#N)c(S)cn1. The van der Waals surface area contributed by atoms with Crippen LogP contribution in [0.1, 0.15) is 23.0 Å². The van der Waals surface area contributed by atoms with Gasteiger partial charge in [-0.2, -0.15) is 5.26 Å². The third-order valence-electron chi connectivity index (χ3n) is 1.49. The molecule has 0 aliphatic rings. The van der Waals surface area contributed by atoms with Crippen LogP contribution in [0.3, 0.4) is 0 Å². The maximum absolute atomic E-state index is 11.2. The molecule has 0 saturated heterocycles. The van der Waals surface area contributed by atoms with Gasteiger partial charge in [0.05, 0.1) is 12.2 Å². The quantitative estimate of drug-likeness (QED) is 0.589. The van der Waals surface area contributed by atoms with E-state index >= 15 is 0 Å². The second kappa shape index (κ2) is 4.63. The summed E-state index contributed by atoms with van der Waals surface area (Å²) in [5.41, 5.74) is 0.438. The molecule has 0 bridgehead atoms. The monoisotopic (exact) mass is 208 g/mol. The number of carbonyl (C=O) groups excluding carboxylic acids is 1. The Balaban J connectivity index is 3.02. The fraction of sp³-hybridized carbons (Fsp3) is 0.222. The third-order valence-corrected chi connectivity index (χ3v) is 1.84. The van der Waals surface area contributed by atoms with E-state index in [0.717, 1.165) is 0 Å². The van der Waals surface area contributed by atoms with Crippen LogP contribution in [0.15, 0.2) is 17.2 Å². The first-order chi connectivity index (χ1) is 6.69. The Bertz CT molecular complexity index is 398. The number of esters is 1. The zero-order valence-electron chi connectivity index (χ0n) is 7.52. The zero-order valence-corrected chi connectivity index (χ0v) is 8.41. The Kier molecular flexibility index (Phi) is 3.48. The first kappa shape index (κ1) is 10.5. The summed E-state index contributed by atoms with van der Waals surface area (Å²) in [6, 6.07) is 3.27. The Labute approximate surface area is 86.9 Å². The Hall–Kier alpha value is -1.54. The fourth-order valence-corrected chi connectivity index (χ4v) is 1.03. The number of nitriles is 1. The van der Waals surface area contributed by atoms with Gasteiger partial charge < -0.3 is 4.74 Å². The van der Waals surface area contributed by atoms with Gasteiger partial charge in [0.2, 0.25) is 0 Å². The van der Waals surface area contributed by atoms with Gasteiger partial charge >= 0.3 is 5.97 Å². The highest BCUT2D eigenvalue weighted by Gasteiger charge is 2.10. The topological polar surface area (TPSA) is 63.0 Å². The molecular weight excluding hydrogens is 200 g/mol. The van der Waals surface area contributed by atoms with E-state index in [1.807, 2.05) is 6.07 Å². The Morgan fingerprint density at radius 1 is 1.79 bits per heavy atom. The van der Waals surface area contributed by atoms with Gasteiger partial charge in [0, 0.05) is 11.1 Å². The van der Waals surface area contributed by atoms with Crippen molar-refractivity contribution in [1.82, 2.24) is 4.98 Å². The molecule has 0 aliphatic heterocycles. The van der Waals surface area contributed by atoms with Crippen LogP contribution in [0, 0.1) is 11.3 Å². The van der Waals surface area contributed by atoms with Gasteiger partial charge in [0.1, 0.15) is 11.8 Å². The molecule has 1 aromatic rings. The first-order valence-corrected chi connectivity index (χ1v) is 4.40. The standard InChI is InChI=1S/C9H8N2O2S/c1-2-13-9(12)7-3-6(4-10)8(14)5-11-7/h3,5,14H,2H2,1H3. The van der Waals surface area contributed by atoms with Crippen LogP contribution in [0.5, 0.6) is 0 Å². The van der Waals surface area contributed by atoms with E-state index in [1.54, 1.807) is 6.92 Å². The average molecular weight is 208 g/mol. The number of thiol groups is 1. The normalized spacial score (nSPS) is 9.21. The largest absolute Gasteiger partial charge is 0.461 e. The summed E-state index contributed by atoms with van der Waals surface area (Å²) in [6.07, 6.45) is 1.36. The van der Waals surface area contributed by atoms with Gasteiger partial charge in [-0.15, -0.1) is 12.6 Å². The number of hydrogen-bond acceptors (Lipinski definition) is 5. The molecule has 0 atom stereocenters. The number of pyridine rings is 1. The summed E-state index contributed by atoms with van der Waals surface area (Å²) >= 11 is 4.01. The van der Waals surface area contributed by atoms with Gasteiger partial charge in [-0.05, 0) is 13.0 Å². The van der Waals surface area contributed by atoms with E-state index in [4.69, 9.17) is 10.00 Å². The second-order valence-corrected chi connectivity index (χ2v) is 2.90. The van der Waals surface area contributed by atoms with Crippen LogP contribution >= 0.6 is 12.6 Å². The van der Waals surface area contributed by atoms with E-state index in [2.05, 4.69) is 17.6 Å². The smallest absolute Gasteiger partial charge is 0.356 e. The summed E-state index contributed by atoms with van der Waals surface area (Å²) in [5, 5.41) is 8.68. The molecule has 72 valence electrons. The molecule has 0 amide bonds. The molecule has 0 aliphatic carbocycles. The number of nitrogens with zero attached hydrogens (tertiary/aromatic N) is 2. The Morgan fingerprint density at radius 2 is 2.50 bits per heavy atom. The van der Waals surface area contributed by atoms with Crippen molar-refractivity contribution in [1.29, 1.82) is 5.26 Å². The number of hydrogen-bond donors (Lipinski definition) is 1. The molecule has 1 rings (SSSR count). The molecule has 4 nitrogen and oxygen atoms in total. The molecular formula is C9H8N2O2S. The lowest BCUT2D eigenvalue weighted by Crippen LogP contribution is -2.07. The van der Waals surface area contributed by atoms with Gasteiger partial charge in [-0.25, -0.2) is 9.78 Å². The van der Waals surface area contributed by atoms with Gasteiger partial charge in [0.15, 0.2) is 0 Å². The van der Waals surface area contributed by atoms with Crippen molar-refractivity contribution >= 4 is 18.6 Å². The van der Waals surface area contributed by atoms with Crippen molar-refractivity contribution in [3.8, 4) is 6.07 Å². The minimum absolute atomic E-state index is 0.126. The Morgan fingerprint density at radius 3 is 3.07 bits per heavy atom. The van der Waals surface area contributed by atoms with Crippen LogP contribution < -0.4 is 0 Å². The highest BCUT2D eigenvalue weighted by atomic mass is 32.1. The van der Waals surface area contributed by atoms with Crippen LogP contribution in [0.25, 0.3) is 0 Å². The van der Waals surface area contributed by atoms with Crippen molar-refractivity contribution in [2.45, 2.75) is 11.8 Å². The maximum atomic E-state index is 11.2. The molecule has 0 spiro atoms. The molecule has 5 heteroatoms. The van der Waals surface area contributed by atoms with Crippen LogP contribution in [-0.4, -0.2) is 17.6 Å². The zero-order chi connectivity index (χ0) is 10.6. The number of ether oxygens (including phenoxy) is 1. The molecule has 0 radical (unpaired) electrons. The first-order valence-electron chi connectivity index (χ1n) is 3.95. The van der Waals surface area contributed by atoms with E-state index < -0.39 is 5.97 Å². The van der Waals surface area contributed by atoms with E-state index in [1.165, 1.54) is 12.3 Å². The number of rotatable bonds is 2. The van der Waals surface area contributed by atoms with E-state index in [-0.39, 0.29) is 12.3 Å². The van der Waals surface area contributed by atoms with Crippen LogP contribution in [-0.2, 0) is 4.74 Å². The van der Waals surface area contributed by atoms with Crippen molar-refractivity contribution in [3.05, 3.63) is 23.5 Å². The number of carbonyl (C=O) groups is 1. The molecule has 0 saturated carbocycles. The van der Waals surface area contributed by atoms with Gasteiger partial charge in [-0.3, -0.25) is 0 Å². The van der Waals surface area contributed by atoms with Crippen molar-refractivity contribution in [2.24, 2.45) is 0 Å². The molecule has 0 aromatic carbocycles. The summed E-state index contributed by atoms with van der Waals surface area (Å²) in [4.78, 5) is 15.5. The van der Waals surface area contributed by atoms with Crippen LogP contribution in [0.4, 0.5) is 0 Å².